The summed E-state index contributed by atoms with van der Waals surface area (Å²) in [4.78, 5) is 25.3. The highest BCUT2D eigenvalue weighted by Crippen LogP contribution is 2.25. The fourth-order valence-corrected chi connectivity index (χ4v) is 2.68. The van der Waals surface area contributed by atoms with Crippen molar-refractivity contribution in [1.29, 1.82) is 0 Å². The normalized spacial score (nSPS) is 10.4. The molecule has 0 bridgehead atoms. The van der Waals surface area contributed by atoms with Crippen molar-refractivity contribution in [3.63, 3.8) is 0 Å². The first kappa shape index (κ1) is 19.2. The standard InChI is InChI=1S/C18H17Cl2FN2O2/c1-12(24)23(11-13-4-2-3-5-16(13)21)9-8-18(25)22-17-7-6-14(19)10-15(17)20/h2-7,10H,8-9,11H2,1H3,(H,22,25). The number of amides is 2. The molecule has 0 aliphatic carbocycles. The van der Waals surface area contributed by atoms with E-state index >= 15 is 0 Å². The minimum absolute atomic E-state index is 0.0625. The third-order valence-electron chi connectivity index (χ3n) is 3.58. The molecule has 2 rings (SSSR count). The van der Waals surface area contributed by atoms with Gasteiger partial charge in [-0.25, -0.2) is 4.39 Å². The van der Waals surface area contributed by atoms with Gasteiger partial charge in [-0.1, -0.05) is 41.4 Å². The zero-order chi connectivity index (χ0) is 18.4. The Morgan fingerprint density at radius 2 is 1.88 bits per heavy atom. The molecule has 0 aliphatic heterocycles. The molecule has 1 N–H and O–H groups in total. The van der Waals surface area contributed by atoms with Crippen molar-refractivity contribution >= 4 is 40.7 Å². The van der Waals surface area contributed by atoms with Crippen LogP contribution in [-0.4, -0.2) is 23.3 Å². The highest BCUT2D eigenvalue weighted by atomic mass is 35.5. The molecule has 132 valence electrons. The van der Waals surface area contributed by atoms with E-state index in [1.165, 1.54) is 24.0 Å². The van der Waals surface area contributed by atoms with Crippen molar-refractivity contribution in [3.8, 4) is 0 Å². The SMILES string of the molecule is CC(=O)N(CCC(=O)Nc1ccc(Cl)cc1Cl)Cc1ccccc1F. The fraction of sp³-hybridized carbons (Fsp3) is 0.222. The first-order valence-corrected chi connectivity index (χ1v) is 8.36. The third kappa shape index (κ3) is 5.73. The summed E-state index contributed by atoms with van der Waals surface area (Å²) < 4.78 is 13.7. The lowest BCUT2D eigenvalue weighted by atomic mass is 10.2. The molecule has 2 aromatic rings. The molecule has 0 atom stereocenters. The molecule has 0 saturated carbocycles. The second kappa shape index (κ2) is 8.83. The maximum Gasteiger partial charge on any atom is 0.226 e. The van der Waals surface area contributed by atoms with Crippen LogP contribution in [0.5, 0.6) is 0 Å². The number of halogens is 3. The molecule has 0 radical (unpaired) electrons. The Labute approximate surface area is 155 Å². The average Bonchev–Trinajstić information content (AvgIpc) is 2.55. The number of hydrogen-bond acceptors (Lipinski definition) is 2. The number of rotatable bonds is 6. The molecule has 2 amide bonds. The number of carbonyl (C=O) groups excluding carboxylic acids is 2. The van der Waals surface area contributed by atoms with Gasteiger partial charge in [0.2, 0.25) is 11.8 Å². The molecule has 0 unspecified atom stereocenters. The molecule has 0 aliphatic rings. The monoisotopic (exact) mass is 382 g/mol. The van der Waals surface area contributed by atoms with Crippen molar-refractivity contribution in [2.24, 2.45) is 0 Å². The van der Waals surface area contributed by atoms with E-state index in [1.807, 2.05) is 0 Å². The minimum atomic E-state index is -0.383. The summed E-state index contributed by atoms with van der Waals surface area (Å²) in [6.45, 7) is 1.66. The number of benzene rings is 2. The van der Waals surface area contributed by atoms with Crippen molar-refractivity contribution < 1.29 is 14.0 Å². The molecule has 0 fully saturated rings. The van der Waals surface area contributed by atoms with Gasteiger partial charge >= 0.3 is 0 Å². The Bertz CT molecular complexity index is 783. The van der Waals surface area contributed by atoms with E-state index in [1.54, 1.807) is 30.3 Å². The smallest absolute Gasteiger partial charge is 0.226 e. The number of nitrogens with one attached hydrogen (secondary N) is 1. The van der Waals surface area contributed by atoms with Gasteiger partial charge in [-0.2, -0.15) is 0 Å². The minimum Gasteiger partial charge on any atom is -0.338 e. The molecular weight excluding hydrogens is 366 g/mol. The zero-order valence-corrected chi connectivity index (χ0v) is 15.1. The Hall–Kier alpha value is -2.11. The molecular formula is C18H17Cl2FN2O2. The van der Waals surface area contributed by atoms with Gasteiger partial charge in [0.1, 0.15) is 5.82 Å². The maximum absolute atomic E-state index is 13.7. The van der Waals surface area contributed by atoms with E-state index in [4.69, 9.17) is 23.2 Å². The van der Waals surface area contributed by atoms with Crippen LogP contribution >= 0.6 is 23.2 Å². The van der Waals surface area contributed by atoms with E-state index in [0.717, 1.165) is 0 Å². The van der Waals surface area contributed by atoms with Gasteiger partial charge in [0.25, 0.3) is 0 Å². The van der Waals surface area contributed by atoms with E-state index in [-0.39, 0.29) is 37.1 Å². The Balaban J connectivity index is 1.95. The molecule has 0 spiro atoms. The Morgan fingerprint density at radius 1 is 1.16 bits per heavy atom. The molecule has 4 nitrogen and oxygen atoms in total. The lowest BCUT2D eigenvalue weighted by Crippen LogP contribution is -2.31. The average molecular weight is 383 g/mol. The van der Waals surface area contributed by atoms with Crippen LogP contribution in [0.1, 0.15) is 18.9 Å². The van der Waals surface area contributed by atoms with E-state index in [2.05, 4.69) is 5.32 Å². The third-order valence-corrected chi connectivity index (χ3v) is 4.13. The van der Waals surface area contributed by atoms with Crippen LogP contribution in [0.4, 0.5) is 10.1 Å². The van der Waals surface area contributed by atoms with Crippen LogP contribution in [-0.2, 0) is 16.1 Å². The number of carbonyl (C=O) groups is 2. The molecule has 2 aromatic carbocycles. The molecule has 0 saturated heterocycles. The lowest BCUT2D eigenvalue weighted by molar-refractivity contribution is -0.130. The van der Waals surface area contributed by atoms with Gasteiger partial charge in [-0.15, -0.1) is 0 Å². The highest BCUT2D eigenvalue weighted by molar-refractivity contribution is 6.36. The quantitative estimate of drug-likeness (QED) is 0.798. The first-order chi connectivity index (χ1) is 11.9. The number of nitrogens with zero attached hydrogens (tertiary/aromatic N) is 1. The van der Waals surface area contributed by atoms with Crippen LogP contribution in [0.25, 0.3) is 0 Å². The summed E-state index contributed by atoms with van der Waals surface area (Å²) in [5, 5.41) is 3.46. The number of anilines is 1. The van der Waals surface area contributed by atoms with Crippen LogP contribution in [0, 0.1) is 5.82 Å². The second-order valence-corrected chi connectivity index (χ2v) is 6.30. The molecule has 0 aromatic heterocycles. The van der Waals surface area contributed by atoms with Crippen LogP contribution in [0.15, 0.2) is 42.5 Å². The fourth-order valence-electron chi connectivity index (χ4n) is 2.22. The topological polar surface area (TPSA) is 49.4 Å². The summed E-state index contributed by atoms with van der Waals surface area (Å²) >= 11 is 11.8. The predicted octanol–water partition coefficient (Wildman–Crippen LogP) is 4.51. The van der Waals surface area contributed by atoms with Gasteiger partial charge in [-0.05, 0) is 24.3 Å². The molecule has 7 heteroatoms. The van der Waals surface area contributed by atoms with Crippen LogP contribution in [0.2, 0.25) is 10.0 Å². The van der Waals surface area contributed by atoms with Crippen molar-refractivity contribution in [2.75, 3.05) is 11.9 Å². The number of hydrogen-bond donors (Lipinski definition) is 1. The largest absolute Gasteiger partial charge is 0.338 e. The van der Waals surface area contributed by atoms with Crippen molar-refractivity contribution in [1.82, 2.24) is 4.90 Å². The van der Waals surface area contributed by atoms with Gasteiger partial charge in [0, 0.05) is 37.0 Å². The van der Waals surface area contributed by atoms with Crippen LogP contribution < -0.4 is 5.32 Å². The Kier molecular flexibility index (Phi) is 6.79. The first-order valence-electron chi connectivity index (χ1n) is 7.60. The van der Waals surface area contributed by atoms with Crippen molar-refractivity contribution in [3.05, 3.63) is 63.9 Å². The maximum atomic E-state index is 13.7. The molecule has 25 heavy (non-hydrogen) atoms. The second-order valence-electron chi connectivity index (χ2n) is 5.45. The van der Waals surface area contributed by atoms with Crippen molar-refractivity contribution in [2.45, 2.75) is 19.9 Å². The zero-order valence-electron chi connectivity index (χ0n) is 13.6. The summed E-state index contributed by atoms with van der Waals surface area (Å²) in [5.74, 6) is -0.921. The lowest BCUT2D eigenvalue weighted by Gasteiger charge is -2.21. The summed E-state index contributed by atoms with van der Waals surface area (Å²) in [6.07, 6.45) is 0.0625. The van der Waals surface area contributed by atoms with Crippen LogP contribution in [0.3, 0.4) is 0 Å². The van der Waals surface area contributed by atoms with E-state index in [9.17, 15) is 14.0 Å². The summed E-state index contributed by atoms with van der Waals surface area (Å²) in [5.41, 5.74) is 0.846. The van der Waals surface area contributed by atoms with Gasteiger partial charge in [0.15, 0.2) is 0 Å². The summed E-state index contributed by atoms with van der Waals surface area (Å²) in [7, 11) is 0. The predicted molar refractivity (Wildman–Crippen MR) is 97.2 cm³/mol. The van der Waals surface area contributed by atoms with Gasteiger partial charge in [-0.3, -0.25) is 9.59 Å². The van der Waals surface area contributed by atoms with E-state index < -0.39 is 0 Å². The highest BCUT2D eigenvalue weighted by Gasteiger charge is 2.14. The van der Waals surface area contributed by atoms with Gasteiger partial charge < -0.3 is 10.2 Å². The van der Waals surface area contributed by atoms with E-state index in [0.29, 0.717) is 21.3 Å². The summed E-state index contributed by atoms with van der Waals surface area (Å²) in [6, 6.07) is 11.0. The molecule has 0 heterocycles. The Morgan fingerprint density at radius 3 is 2.52 bits per heavy atom. The van der Waals surface area contributed by atoms with Gasteiger partial charge in [0.05, 0.1) is 10.7 Å².